The van der Waals surface area contributed by atoms with Crippen LogP contribution in [0.15, 0.2) is 30.3 Å². The maximum atomic E-state index is 12.3. The summed E-state index contributed by atoms with van der Waals surface area (Å²) in [7, 11) is 3.88. The number of hydrazine groups is 1. The zero-order valence-corrected chi connectivity index (χ0v) is 13.7. The van der Waals surface area contributed by atoms with Crippen LogP contribution in [0.5, 0.6) is 0 Å². The molecular formula is C16H25N5O2. The van der Waals surface area contributed by atoms with Crippen molar-refractivity contribution < 1.29 is 9.63 Å². The van der Waals surface area contributed by atoms with Crippen molar-refractivity contribution in [2.24, 2.45) is 0 Å². The lowest BCUT2D eigenvalue weighted by Crippen LogP contribution is -2.47. The van der Waals surface area contributed by atoms with Crippen LogP contribution in [0.3, 0.4) is 0 Å². The summed E-state index contributed by atoms with van der Waals surface area (Å²) in [6, 6.07) is 10.1. The van der Waals surface area contributed by atoms with Crippen molar-refractivity contribution in [3.05, 3.63) is 35.9 Å². The summed E-state index contributed by atoms with van der Waals surface area (Å²) in [5, 5.41) is 5.23. The van der Waals surface area contributed by atoms with E-state index in [0.29, 0.717) is 6.42 Å². The third-order valence-electron chi connectivity index (χ3n) is 4.24. The molecule has 0 bridgehead atoms. The first kappa shape index (κ1) is 16.4. The third-order valence-corrected chi connectivity index (χ3v) is 4.24. The first-order valence-corrected chi connectivity index (χ1v) is 8.02. The number of hydrogen-bond donors (Lipinski definition) is 3. The van der Waals surface area contributed by atoms with Crippen LogP contribution < -0.4 is 16.2 Å². The second-order valence-electron chi connectivity index (χ2n) is 6.38. The number of nitrogens with one attached hydrogen (secondary N) is 3. The Morgan fingerprint density at radius 2 is 2.17 bits per heavy atom. The Morgan fingerprint density at radius 1 is 1.39 bits per heavy atom. The van der Waals surface area contributed by atoms with Gasteiger partial charge in [0.05, 0.1) is 6.04 Å². The SMILES string of the molecule is CN(C)C1CC(C(=O)NC2CNN(Cc3ccccc3)C2)NO1. The van der Waals surface area contributed by atoms with Crippen LogP contribution >= 0.6 is 0 Å². The average molecular weight is 319 g/mol. The van der Waals surface area contributed by atoms with Crippen LogP contribution in [0.4, 0.5) is 0 Å². The van der Waals surface area contributed by atoms with Crippen molar-refractivity contribution >= 4 is 5.91 Å². The number of carbonyl (C=O) groups is 1. The van der Waals surface area contributed by atoms with Gasteiger partial charge in [0.1, 0.15) is 12.3 Å². The zero-order chi connectivity index (χ0) is 16.2. The van der Waals surface area contributed by atoms with Crippen LogP contribution in [0, 0.1) is 0 Å². The summed E-state index contributed by atoms with van der Waals surface area (Å²) in [5.74, 6) is 0.00251. The summed E-state index contributed by atoms with van der Waals surface area (Å²) >= 11 is 0. The van der Waals surface area contributed by atoms with E-state index in [1.807, 2.05) is 37.2 Å². The fourth-order valence-corrected chi connectivity index (χ4v) is 2.89. The molecule has 3 rings (SSSR count). The van der Waals surface area contributed by atoms with Crippen molar-refractivity contribution in [2.75, 3.05) is 27.2 Å². The molecule has 0 spiro atoms. The van der Waals surface area contributed by atoms with Crippen molar-refractivity contribution in [3.63, 3.8) is 0 Å². The monoisotopic (exact) mass is 319 g/mol. The van der Waals surface area contributed by atoms with E-state index in [9.17, 15) is 4.79 Å². The number of benzene rings is 1. The molecule has 3 unspecified atom stereocenters. The highest BCUT2D eigenvalue weighted by molar-refractivity contribution is 5.82. The molecule has 2 aliphatic rings. The van der Waals surface area contributed by atoms with E-state index in [-0.39, 0.29) is 24.2 Å². The van der Waals surface area contributed by atoms with E-state index in [1.165, 1.54) is 5.56 Å². The van der Waals surface area contributed by atoms with E-state index < -0.39 is 0 Å². The normalized spacial score (nSPS) is 28.4. The van der Waals surface area contributed by atoms with Gasteiger partial charge < -0.3 is 5.32 Å². The van der Waals surface area contributed by atoms with Crippen molar-refractivity contribution in [3.8, 4) is 0 Å². The Bertz CT molecular complexity index is 524. The van der Waals surface area contributed by atoms with Crippen LogP contribution in [0.1, 0.15) is 12.0 Å². The van der Waals surface area contributed by atoms with Gasteiger partial charge in [0.25, 0.3) is 0 Å². The van der Waals surface area contributed by atoms with Gasteiger partial charge >= 0.3 is 0 Å². The summed E-state index contributed by atoms with van der Waals surface area (Å²) in [6.45, 7) is 2.38. The lowest BCUT2D eigenvalue weighted by molar-refractivity contribution is -0.125. The molecule has 0 radical (unpaired) electrons. The quantitative estimate of drug-likeness (QED) is 0.691. The predicted octanol–water partition coefficient (Wildman–Crippen LogP) is -0.327. The van der Waals surface area contributed by atoms with Gasteiger partial charge in [-0.25, -0.2) is 5.01 Å². The third kappa shape index (κ3) is 4.27. The smallest absolute Gasteiger partial charge is 0.239 e. The Kier molecular flexibility index (Phi) is 5.24. The van der Waals surface area contributed by atoms with Crippen molar-refractivity contribution in [1.29, 1.82) is 0 Å². The molecule has 2 heterocycles. The molecule has 126 valence electrons. The molecule has 7 heteroatoms. The van der Waals surface area contributed by atoms with Crippen LogP contribution in [-0.2, 0) is 16.2 Å². The van der Waals surface area contributed by atoms with Crippen LogP contribution in [0.2, 0.25) is 0 Å². The maximum absolute atomic E-state index is 12.3. The molecule has 3 atom stereocenters. The fraction of sp³-hybridized carbons (Fsp3) is 0.562. The fourth-order valence-electron chi connectivity index (χ4n) is 2.89. The summed E-state index contributed by atoms with van der Waals surface area (Å²) in [5.41, 5.74) is 7.42. The number of hydroxylamine groups is 1. The van der Waals surface area contributed by atoms with E-state index in [0.717, 1.165) is 19.6 Å². The molecule has 3 N–H and O–H groups in total. The van der Waals surface area contributed by atoms with E-state index >= 15 is 0 Å². The molecule has 2 fully saturated rings. The number of hydrogen-bond acceptors (Lipinski definition) is 6. The number of rotatable bonds is 5. The molecule has 0 aliphatic carbocycles. The second-order valence-corrected chi connectivity index (χ2v) is 6.38. The standard InChI is InChI=1S/C16H25N5O2/c1-20(2)15-8-14(19-23-15)16(22)18-13-9-17-21(11-13)10-12-6-4-3-5-7-12/h3-7,13-15,17,19H,8-11H2,1-2H3,(H,18,22). The topological polar surface area (TPSA) is 68.9 Å². The van der Waals surface area contributed by atoms with Crippen molar-refractivity contribution in [2.45, 2.75) is 31.3 Å². The average Bonchev–Trinajstić information content (AvgIpc) is 3.18. The van der Waals surface area contributed by atoms with Gasteiger partial charge in [0.2, 0.25) is 5.91 Å². The number of carbonyl (C=O) groups excluding carboxylic acids is 1. The summed E-state index contributed by atoms with van der Waals surface area (Å²) in [4.78, 5) is 19.7. The first-order valence-electron chi connectivity index (χ1n) is 8.02. The molecule has 0 aromatic heterocycles. The van der Waals surface area contributed by atoms with Gasteiger partial charge in [-0.2, -0.15) is 5.48 Å². The molecule has 0 saturated carbocycles. The second kappa shape index (κ2) is 7.37. The molecule has 7 nitrogen and oxygen atoms in total. The van der Waals surface area contributed by atoms with E-state index in [2.05, 4.69) is 33.4 Å². The number of amides is 1. The Labute approximate surface area is 136 Å². The molecule has 1 amide bonds. The van der Waals surface area contributed by atoms with Gasteiger partial charge in [-0.05, 0) is 19.7 Å². The molecule has 1 aromatic carbocycles. The van der Waals surface area contributed by atoms with Gasteiger partial charge in [-0.15, -0.1) is 0 Å². The molecule has 1 aromatic rings. The lowest BCUT2D eigenvalue weighted by Gasteiger charge is -2.17. The minimum Gasteiger partial charge on any atom is -0.349 e. The minimum atomic E-state index is -0.287. The summed E-state index contributed by atoms with van der Waals surface area (Å²) in [6.07, 6.45) is 0.606. The zero-order valence-electron chi connectivity index (χ0n) is 13.7. The molecular weight excluding hydrogens is 294 g/mol. The first-order chi connectivity index (χ1) is 11.1. The van der Waals surface area contributed by atoms with Gasteiger partial charge in [0, 0.05) is 26.1 Å². The maximum Gasteiger partial charge on any atom is 0.239 e. The highest BCUT2D eigenvalue weighted by atomic mass is 16.7. The van der Waals surface area contributed by atoms with Crippen molar-refractivity contribution in [1.82, 2.24) is 26.1 Å². The molecule has 2 saturated heterocycles. The predicted molar refractivity (Wildman–Crippen MR) is 86.9 cm³/mol. The van der Waals surface area contributed by atoms with Gasteiger partial charge in [-0.1, -0.05) is 30.3 Å². The Hall–Kier alpha value is -1.51. The van der Waals surface area contributed by atoms with Crippen LogP contribution in [-0.4, -0.2) is 61.3 Å². The minimum absolute atomic E-state index is 0.00251. The lowest BCUT2D eigenvalue weighted by atomic mass is 10.1. The van der Waals surface area contributed by atoms with E-state index in [1.54, 1.807) is 0 Å². The number of nitrogens with zero attached hydrogens (tertiary/aromatic N) is 2. The summed E-state index contributed by atoms with van der Waals surface area (Å²) < 4.78 is 0. The highest BCUT2D eigenvalue weighted by Crippen LogP contribution is 2.13. The molecule has 2 aliphatic heterocycles. The Morgan fingerprint density at radius 3 is 2.87 bits per heavy atom. The molecule has 23 heavy (non-hydrogen) atoms. The van der Waals surface area contributed by atoms with Crippen LogP contribution in [0.25, 0.3) is 0 Å². The highest BCUT2D eigenvalue weighted by Gasteiger charge is 2.34. The van der Waals surface area contributed by atoms with Gasteiger partial charge in [0.15, 0.2) is 0 Å². The Balaban J connectivity index is 1.44. The largest absolute Gasteiger partial charge is 0.349 e. The van der Waals surface area contributed by atoms with Gasteiger partial charge in [-0.3, -0.25) is 20.0 Å². The van der Waals surface area contributed by atoms with E-state index in [4.69, 9.17) is 4.84 Å².